The molecule has 0 heterocycles. The minimum absolute atomic E-state index is 0. The van der Waals surface area contributed by atoms with Gasteiger partial charge in [0.2, 0.25) is 0 Å². The van der Waals surface area contributed by atoms with Gasteiger partial charge >= 0.3 is 63.3 Å². The molecule has 20 heavy (non-hydrogen) atoms. The van der Waals surface area contributed by atoms with Crippen molar-refractivity contribution >= 4 is 63.3 Å². The Morgan fingerprint density at radius 2 is 1.35 bits per heavy atom. The van der Waals surface area contributed by atoms with Crippen LogP contribution < -0.4 is 0 Å². The van der Waals surface area contributed by atoms with Gasteiger partial charge in [-0.25, -0.2) is 9.59 Å². The molecule has 0 fully saturated rings. The van der Waals surface area contributed by atoms with Crippen LogP contribution in [0, 0.1) is 0 Å². The quantitative estimate of drug-likeness (QED) is 0.353. The maximum absolute atomic E-state index is 10.3. The summed E-state index contributed by atoms with van der Waals surface area (Å²) >= 11 is 0. The zero-order valence-corrected chi connectivity index (χ0v) is 11.5. The van der Waals surface area contributed by atoms with E-state index in [9.17, 15) is 4.79 Å². The van der Waals surface area contributed by atoms with Crippen LogP contribution in [0.1, 0.15) is 58.3 Å². The minimum atomic E-state index is -1.19. The number of aliphatic carboxylic acids is 2. The van der Waals surface area contributed by atoms with Gasteiger partial charge in [-0.3, -0.25) is 0 Å². The molecule has 0 saturated heterocycles. The van der Waals surface area contributed by atoms with Gasteiger partial charge < -0.3 is 20.4 Å². The van der Waals surface area contributed by atoms with Gasteiger partial charge in [0, 0.05) is 0 Å². The summed E-state index contributed by atoms with van der Waals surface area (Å²) in [4.78, 5) is 19.4. The number of carbonyl (C=O) groups is 2. The van der Waals surface area contributed by atoms with Crippen LogP contribution in [0.3, 0.4) is 0 Å². The first-order valence-corrected chi connectivity index (χ1v) is 6.69. The maximum atomic E-state index is 10.3. The summed E-state index contributed by atoms with van der Waals surface area (Å²) in [6, 6.07) is 0. The first-order chi connectivity index (χ1) is 8.95. The fourth-order valence-electron chi connectivity index (χ4n) is 1.42. The number of aliphatic hydroxyl groups excluding tert-OH is 2. The number of unbranched alkanes of at least 4 members (excludes halogenated alkanes) is 6. The molecule has 0 saturated carbocycles. The van der Waals surface area contributed by atoms with Crippen LogP contribution in [-0.2, 0) is 9.59 Å². The zero-order valence-electron chi connectivity index (χ0n) is 11.5. The van der Waals surface area contributed by atoms with Crippen LogP contribution >= 0.6 is 0 Å². The molecule has 0 aliphatic heterocycles. The van der Waals surface area contributed by atoms with E-state index in [0.717, 1.165) is 19.3 Å². The van der Waals surface area contributed by atoms with Gasteiger partial charge in [-0.05, 0) is 6.42 Å². The summed E-state index contributed by atoms with van der Waals surface area (Å²) in [6.45, 7) is 1.41. The molecule has 4 N–H and O–H groups in total. The van der Waals surface area contributed by atoms with Crippen LogP contribution in [-0.4, -0.2) is 96.5 Å². The number of rotatable bonds is 10. The van der Waals surface area contributed by atoms with Crippen LogP contribution in [0.5, 0.6) is 0 Å². The van der Waals surface area contributed by atoms with Gasteiger partial charge in [0.1, 0.15) is 6.61 Å². The summed E-state index contributed by atoms with van der Waals surface area (Å²) in [7, 11) is 0. The topological polar surface area (TPSA) is 115 Å². The van der Waals surface area contributed by atoms with E-state index in [1.807, 2.05) is 0 Å². The first kappa shape index (κ1) is 25.5. The predicted molar refractivity (Wildman–Crippen MR) is 78.1 cm³/mol. The van der Waals surface area contributed by atoms with Crippen molar-refractivity contribution in [2.45, 2.75) is 64.4 Å². The number of carboxylic acid groups (broad SMARTS) is 2. The normalized spacial score (nSPS) is 10.8. The number of hydrogen-bond donors (Lipinski definition) is 4. The second-order valence-corrected chi connectivity index (χ2v) is 4.32. The van der Waals surface area contributed by atoms with Crippen LogP contribution in [0.2, 0.25) is 0 Å². The van der Waals surface area contributed by atoms with Gasteiger partial charge in [-0.1, -0.05) is 51.9 Å². The Morgan fingerprint density at radius 1 is 0.950 bits per heavy atom. The zero-order chi connectivity index (χ0) is 15.1. The average Bonchev–Trinajstić information content (AvgIpc) is 2.38. The molecule has 1 atom stereocenters. The Balaban J connectivity index is -0.000000414. The van der Waals surface area contributed by atoms with Crippen LogP contribution in [0.25, 0.3) is 0 Å². The molecule has 0 rings (SSSR count). The molecule has 7 heteroatoms. The van der Waals surface area contributed by atoms with Gasteiger partial charge in [0.15, 0.2) is 6.10 Å². The average molecular weight is 318 g/mol. The predicted octanol–water partition coefficient (Wildman–Crippen LogP) is 0.987. The summed E-state index contributed by atoms with van der Waals surface area (Å²) in [5.74, 6) is -2.29. The molecule has 0 aliphatic rings. The Kier molecular flexibility index (Phi) is 24.8. The Morgan fingerprint density at radius 3 is 1.70 bits per heavy atom. The third-order valence-corrected chi connectivity index (χ3v) is 2.50. The van der Waals surface area contributed by atoms with E-state index >= 15 is 0 Å². The molecule has 116 valence electrons. The van der Waals surface area contributed by atoms with E-state index < -0.39 is 24.6 Å². The Hall–Kier alpha value is 0.496. The Bertz CT molecular complexity index is 235. The molecule has 6 nitrogen and oxygen atoms in total. The molecule has 1 unspecified atom stereocenters. The summed E-state index contributed by atoms with van der Waals surface area (Å²) < 4.78 is 0. The molecule has 0 bridgehead atoms. The van der Waals surface area contributed by atoms with Crippen molar-refractivity contribution < 1.29 is 30.0 Å². The van der Waals surface area contributed by atoms with E-state index in [1.165, 1.54) is 25.7 Å². The van der Waals surface area contributed by atoms with Crippen LogP contribution in [0.15, 0.2) is 0 Å². The molecule has 0 radical (unpaired) electrons. The van der Waals surface area contributed by atoms with Crippen molar-refractivity contribution in [3.63, 3.8) is 0 Å². The number of carboxylic acids is 2. The fourth-order valence-corrected chi connectivity index (χ4v) is 1.42. The molecular formula is C13H27KO6. The molecular weight excluding hydrogens is 291 g/mol. The van der Waals surface area contributed by atoms with Gasteiger partial charge in [-0.15, -0.1) is 0 Å². The molecule has 0 aromatic carbocycles. The summed E-state index contributed by atoms with van der Waals surface area (Å²) in [5, 5.41) is 32.4. The molecule has 0 aromatic rings. The van der Waals surface area contributed by atoms with Gasteiger partial charge in [0.25, 0.3) is 0 Å². The third-order valence-electron chi connectivity index (χ3n) is 2.50. The molecule has 0 amide bonds. The van der Waals surface area contributed by atoms with Crippen molar-refractivity contribution in [1.29, 1.82) is 0 Å². The second-order valence-electron chi connectivity index (χ2n) is 4.32. The molecule has 0 spiro atoms. The summed E-state index contributed by atoms with van der Waals surface area (Å²) in [5.41, 5.74) is 0. The fraction of sp³-hybridized carbons (Fsp3) is 0.846. The van der Waals surface area contributed by atoms with Crippen molar-refractivity contribution in [1.82, 2.24) is 0 Å². The second kappa shape index (κ2) is 19.5. The van der Waals surface area contributed by atoms with Crippen molar-refractivity contribution in [3.05, 3.63) is 0 Å². The van der Waals surface area contributed by atoms with E-state index in [2.05, 4.69) is 6.92 Å². The van der Waals surface area contributed by atoms with Crippen molar-refractivity contribution in [2.24, 2.45) is 0 Å². The van der Waals surface area contributed by atoms with E-state index in [1.54, 1.807) is 0 Å². The van der Waals surface area contributed by atoms with Crippen molar-refractivity contribution in [2.75, 3.05) is 6.61 Å². The number of hydrogen-bond acceptors (Lipinski definition) is 4. The molecule has 0 aliphatic carbocycles. The van der Waals surface area contributed by atoms with Crippen LogP contribution in [0.4, 0.5) is 0 Å². The standard InChI is InChI=1S/C11H22O3.C2H4O3.K.H/c1-2-3-4-5-6-7-8-9-10(12)11(13)14;3-1-2(4)5;;/h10,12H,2-9H2,1H3,(H,13,14);3H,1H2,(H,4,5);;. The first-order valence-electron chi connectivity index (χ1n) is 6.69. The van der Waals surface area contributed by atoms with Gasteiger partial charge in [-0.2, -0.15) is 0 Å². The monoisotopic (exact) mass is 318 g/mol. The molecule has 0 aromatic heterocycles. The number of aliphatic hydroxyl groups is 2. The Labute approximate surface area is 163 Å². The van der Waals surface area contributed by atoms with E-state index in [0.29, 0.717) is 6.42 Å². The van der Waals surface area contributed by atoms with Gasteiger partial charge in [0.05, 0.1) is 0 Å². The van der Waals surface area contributed by atoms with E-state index in [-0.39, 0.29) is 51.4 Å². The SMILES string of the molecule is CCCCCCCCCC(O)C(=O)O.O=C(O)CO.[KH]. The summed E-state index contributed by atoms with van der Waals surface area (Å²) in [6.07, 6.45) is 7.29. The van der Waals surface area contributed by atoms with E-state index in [4.69, 9.17) is 25.2 Å². The van der Waals surface area contributed by atoms with Crippen molar-refractivity contribution in [3.8, 4) is 0 Å². The third kappa shape index (κ3) is 23.6.